The van der Waals surface area contributed by atoms with Crippen LogP contribution in [0, 0.1) is 6.92 Å². The first-order chi connectivity index (χ1) is 9.43. The van der Waals surface area contributed by atoms with Gasteiger partial charge < -0.3 is 0 Å². The Morgan fingerprint density at radius 3 is 2.70 bits per heavy atom. The minimum atomic E-state index is 0.0492. The van der Waals surface area contributed by atoms with E-state index in [4.69, 9.17) is 11.6 Å². The highest BCUT2D eigenvalue weighted by Crippen LogP contribution is 2.23. The molecule has 1 aromatic carbocycles. The molecular weight excluding hydrogens is 340 g/mol. The number of halogens is 2. The summed E-state index contributed by atoms with van der Waals surface area (Å²) in [5.74, 6) is 0.0492. The molecule has 0 N–H and O–H groups in total. The standard InChI is InChI=1S/C15H16BrClN2O/c1-4-12-15(17)13(19(3)18-12)8-14(20)10-5-6-11(16)9(2)7-10/h5-7H,4,8H2,1-3H3. The van der Waals surface area contributed by atoms with Crippen LogP contribution < -0.4 is 0 Å². The van der Waals surface area contributed by atoms with Crippen molar-refractivity contribution < 1.29 is 4.79 Å². The number of carbonyl (C=O) groups excluding carboxylic acids is 1. The first-order valence-corrected chi connectivity index (χ1v) is 7.60. The van der Waals surface area contributed by atoms with Crippen molar-refractivity contribution in [3.63, 3.8) is 0 Å². The molecule has 0 spiro atoms. The first-order valence-electron chi connectivity index (χ1n) is 6.43. The molecule has 2 rings (SSSR count). The lowest BCUT2D eigenvalue weighted by atomic mass is 10.0. The second-order valence-corrected chi connectivity index (χ2v) is 5.98. The summed E-state index contributed by atoms with van der Waals surface area (Å²) < 4.78 is 2.70. The number of carbonyl (C=O) groups is 1. The van der Waals surface area contributed by atoms with E-state index in [0.717, 1.165) is 27.8 Å². The molecule has 3 nitrogen and oxygen atoms in total. The van der Waals surface area contributed by atoms with Gasteiger partial charge in [0.1, 0.15) is 0 Å². The zero-order chi connectivity index (χ0) is 14.9. The molecule has 0 bridgehead atoms. The number of hydrogen-bond acceptors (Lipinski definition) is 2. The van der Waals surface area contributed by atoms with Crippen LogP contribution in [-0.4, -0.2) is 15.6 Å². The van der Waals surface area contributed by atoms with Crippen molar-refractivity contribution in [1.29, 1.82) is 0 Å². The number of ketones is 1. The van der Waals surface area contributed by atoms with E-state index in [1.54, 1.807) is 4.68 Å². The summed E-state index contributed by atoms with van der Waals surface area (Å²) in [6.45, 7) is 3.96. The second kappa shape index (κ2) is 6.10. The first kappa shape index (κ1) is 15.3. The van der Waals surface area contributed by atoms with Crippen LogP contribution in [0.25, 0.3) is 0 Å². The van der Waals surface area contributed by atoms with E-state index >= 15 is 0 Å². The van der Waals surface area contributed by atoms with Crippen LogP contribution >= 0.6 is 27.5 Å². The Morgan fingerprint density at radius 2 is 2.15 bits per heavy atom. The van der Waals surface area contributed by atoms with Crippen molar-refractivity contribution in [2.75, 3.05) is 0 Å². The van der Waals surface area contributed by atoms with E-state index in [2.05, 4.69) is 21.0 Å². The maximum atomic E-state index is 12.4. The number of aromatic nitrogens is 2. The van der Waals surface area contributed by atoms with E-state index in [-0.39, 0.29) is 12.2 Å². The molecule has 0 amide bonds. The van der Waals surface area contributed by atoms with Crippen molar-refractivity contribution >= 4 is 33.3 Å². The predicted octanol–water partition coefficient (Wildman–Crippen LogP) is 4.13. The molecule has 106 valence electrons. The van der Waals surface area contributed by atoms with Crippen molar-refractivity contribution in [3.05, 3.63) is 50.2 Å². The zero-order valence-electron chi connectivity index (χ0n) is 11.7. The number of hydrogen-bond donors (Lipinski definition) is 0. The Morgan fingerprint density at radius 1 is 1.45 bits per heavy atom. The van der Waals surface area contributed by atoms with Crippen LogP contribution in [0.1, 0.15) is 34.2 Å². The third-order valence-electron chi connectivity index (χ3n) is 3.31. The highest BCUT2D eigenvalue weighted by atomic mass is 79.9. The fourth-order valence-corrected chi connectivity index (χ4v) is 2.69. The van der Waals surface area contributed by atoms with Gasteiger partial charge >= 0.3 is 0 Å². The summed E-state index contributed by atoms with van der Waals surface area (Å²) in [5, 5.41) is 4.94. The minimum Gasteiger partial charge on any atom is -0.294 e. The van der Waals surface area contributed by atoms with Crippen molar-refractivity contribution in [3.8, 4) is 0 Å². The number of nitrogens with zero attached hydrogens (tertiary/aromatic N) is 2. The molecule has 5 heteroatoms. The predicted molar refractivity (Wildman–Crippen MR) is 84.5 cm³/mol. The lowest BCUT2D eigenvalue weighted by Gasteiger charge is -2.05. The zero-order valence-corrected chi connectivity index (χ0v) is 14.0. The van der Waals surface area contributed by atoms with Gasteiger partial charge in [-0.05, 0) is 31.0 Å². The minimum absolute atomic E-state index is 0.0492. The van der Waals surface area contributed by atoms with E-state index in [0.29, 0.717) is 10.6 Å². The Bertz CT molecular complexity index is 664. The monoisotopic (exact) mass is 354 g/mol. The van der Waals surface area contributed by atoms with Gasteiger partial charge in [0, 0.05) is 17.1 Å². The van der Waals surface area contributed by atoms with Crippen LogP contribution in [-0.2, 0) is 19.9 Å². The molecule has 0 atom stereocenters. The maximum absolute atomic E-state index is 12.4. The lowest BCUT2D eigenvalue weighted by molar-refractivity contribution is 0.0990. The highest BCUT2D eigenvalue weighted by molar-refractivity contribution is 9.10. The quantitative estimate of drug-likeness (QED) is 0.773. The van der Waals surface area contributed by atoms with Crippen LogP contribution in [0.15, 0.2) is 22.7 Å². The molecule has 0 radical (unpaired) electrons. The summed E-state index contributed by atoms with van der Waals surface area (Å²) in [4.78, 5) is 12.4. The summed E-state index contributed by atoms with van der Waals surface area (Å²) in [6.07, 6.45) is 1.03. The number of Topliss-reactive ketones (excluding diaryl/α,β-unsaturated/α-hetero) is 1. The van der Waals surface area contributed by atoms with Gasteiger partial charge in [-0.15, -0.1) is 0 Å². The van der Waals surface area contributed by atoms with Gasteiger partial charge in [0.05, 0.1) is 22.8 Å². The molecule has 20 heavy (non-hydrogen) atoms. The van der Waals surface area contributed by atoms with Gasteiger partial charge in [-0.1, -0.05) is 40.5 Å². The molecule has 0 saturated heterocycles. The van der Waals surface area contributed by atoms with Crippen LogP contribution in [0.3, 0.4) is 0 Å². The summed E-state index contributed by atoms with van der Waals surface area (Å²) in [6, 6.07) is 5.60. The van der Waals surface area contributed by atoms with Crippen molar-refractivity contribution in [2.45, 2.75) is 26.7 Å². The molecule has 2 aromatic rings. The van der Waals surface area contributed by atoms with Gasteiger partial charge in [0.15, 0.2) is 5.78 Å². The average molecular weight is 356 g/mol. The number of rotatable bonds is 4. The second-order valence-electron chi connectivity index (χ2n) is 4.75. The lowest BCUT2D eigenvalue weighted by Crippen LogP contribution is -2.08. The molecule has 0 saturated carbocycles. The van der Waals surface area contributed by atoms with Gasteiger partial charge in [-0.25, -0.2) is 0 Å². The Kier molecular flexibility index (Phi) is 4.66. The fourth-order valence-electron chi connectivity index (χ4n) is 2.08. The Labute approximate surface area is 132 Å². The molecule has 0 fully saturated rings. The van der Waals surface area contributed by atoms with Crippen LogP contribution in [0.5, 0.6) is 0 Å². The van der Waals surface area contributed by atoms with Gasteiger partial charge in [-0.2, -0.15) is 5.10 Å². The summed E-state index contributed by atoms with van der Waals surface area (Å²) in [7, 11) is 1.82. The van der Waals surface area contributed by atoms with Crippen LogP contribution in [0.2, 0.25) is 5.02 Å². The number of benzene rings is 1. The molecule has 0 aliphatic carbocycles. The van der Waals surface area contributed by atoms with Crippen LogP contribution in [0.4, 0.5) is 0 Å². The SMILES string of the molecule is CCc1nn(C)c(CC(=O)c2ccc(Br)c(C)c2)c1Cl. The highest BCUT2D eigenvalue weighted by Gasteiger charge is 2.17. The molecule has 0 aliphatic rings. The molecule has 1 aromatic heterocycles. The van der Waals surface area contributed by atoms with Gasteiger partial charge in [0.2, 0.25) is 0 Å². The normalized spacial score (nSPS) is 10.8. The number of aryl methyl sites for hydroxylation is 3. The topological polar surface area (TPSA) is 34.9 Å². The van der Waals surface area contributed by atoms with Gasteiger partial charge in [-0.3, -0.25) is 9.48 Å². The molecule has 1 heterocycles. The third-order valence-corrected chi connectivity index (χ3v) is 4.64. The Balaban J connectivity index is 2.28. The van der Waals surface area contributed by atoms with Crippen molar-refractivity contribution in [1.82, 2.24) is 9.78 Å². The van der Waals surface area contributed by atoms with Gasteiger partial charge in [0.25, 0.3) is 0 Å². The smallest absolute Gasteiger partial charge is 0.168 e. The van der Waals surface area contributed by atoms with E-state index in [9.17, 15) is 4.79 Å². The largest absolute Gasteiger partial charge is 0.294 e. The van der Waals surface area contributed by atoms with Crippen molar-refractivity contribution in [2.24, 2.45) is 7.05 Å². The van der Waals surface area contributed by atoms with E-state index in [1.807, 2.05) is 39.1 Å². The third kappa shape index (κ3) is 2.96. The maximum Gasteiger partial charge on any atom is 0.168 e. The molecular formula is C15H16BrClN2O. The summed E-state index contributed by atoms with van der Waals surface area (Å²) in [5.41, 5.74) is 3.35. The van der Waals surface area contributed by atoms with E-state index in [1.165, 1.54) is 0 Å². The summed E-state index contributed by atoms with van der Waals surface area (Å²) >= 11 is 9.71. The average Bonchev–Trinajstić information content (AvgIpc) is 2.69. The Hall–Kier alpha value is -1.13. The fraction of sp³-hybridized carbons (Fsp3) is 0.333. The van der Waals surface area contributed by atoms with E-state index < -0.39 is 0 Å². The molecule has 0 aliphatic heterocycles. The molecule has 0 unspecified atom stereocenters.